The summed E-state index contributed by atoms with van der Waals surface area (Å²) in [6, 6.07) is -0.468. The first-order chi connectivity index (χ1) is 8.49. The van der Waals surface area contributed by atoms with E-state index in [0.717, 1.165) is 0 Å². The maximum atomic E-state index is 11.3. The fourth-order valence-corrected chi connectivity index (χ4v) is 2.54. The van der Waals surface area contributed by atoms with Crippen LogP contribution in [-0.4, -0.2) is 38.5 Å². The number of ether oxygens (including phenoxy) is 1. The van der Waals surface area contributed by atoms with Crippen molar-refractivity contribution in [3.63, 3.8) is 0 Å². The lowest BCUT2D eigenvalue weighted by atomic mass is 10.1. The molecule has 0 spiro atoms. The van der Waals surface area contributed by atoms with Gasteiger partial charge in [0.2, 0.25) is 9.05 Å². The SMILES string of the molecule is CC(C)(C)OC(=O)NCCCCC(N)CS(=O)(=O)Cl. The monoisotopic (exact) mass is 314 g/mol. The second-order valence-corrected chi connectivity index (χ2v) is 8.21. The second-order valence-electron chi connectivity index (χ2n) is 5.39. The highest BCUT2D eigenvalue weighted by Gasteiger charge is 2.15. The van der Waals surface area contributed by atoms with Gasteiger partial charge in [0.05, 0.1) is 5.75 Å². The normalized spacial score (nSPS) is 13.9. The van der Waals surface area contributed by atoms with Crippen molar-refractivity contribution in [2.24, 2.45) is 5.73 Å². The van der Waals surface area contributed by atoms with E-state index in [1.54, 1.807) is 20.8 Å². The van der Waals surface area contributed by atoms with Crippen LogP contribution in [0.15, 0.2) is 0 Å². The molecule has 0 radical (unpaired) electrons. The Balaban J connectivity index is 3.63. The molecule has 19 heavy (non-hydrogen) atoms. The van der Waals surface area contributed by atoms with Gasteiger partial charge in [0.15, 0.2) is 0 Å². The third-order valence-electron chi connectivity index (χ3n) is 2.08. The van der Waals surface area contributed by atoms with Gasteiger partial charge < -0.3 is 15.8 Å². The molecule has 0 bridgehead atoms. The van der Waals surface area contributed by atoms with Gasteiger partial charge >= 0.3 is 6.09 Å². The molecule has 0 rings (SSSR count). The molecule has 1 amide bonds. The maximum Gasteiger partial charge on any atom is 0.407 e. The molecule has 3 N–H and O–H groups in total. The number of carbonyl (C=O) groups excluding carboxylic acids is 1. The van der Waals surface area contributed by atoms with Crippen molar-refractivity contribution in [3.8, 4) is 0 Å². The largest absolute Gasteiger partial charge is 0.444 e. The zero-order valence-corrected chi connectivity index (χ0v) is 13.2. The maximum absolute atomic E-state index is 11.3. The third-order valence-corrected chi connectivity index (χ3v) is 3.29. The Morgan fingerprint density at radius 1 is 1.37 bits per heavy atom. The zero-order chi connectivity index (χ0) is 15.1. The van der Waals surface area contributed by atoms with Crippen LogP contribution < -0.4 is 11.1 Å². The molecule has 0 aromatic rings. The number of nitrogens with one attached hydrogen (secondary N) is 1. The molecule has 0 aliphatic rings. The summed E-state index contributed by atoms with van der Waals surface area (Å²) >= 11 is 0. The van der Waals surface area contributed by atoms with Crippen LogP contribution in [0.3, 0.4) is 0 Å². The third kappa shape index (κ3) is 13.7. The molecule has 0 fully saturated rings. The van der Waals surface area contributed by atoms with Crippen molar-refractivity contribution in [2.45, 2.75) is 51.7 Å². The van der Waals surface area contributed by atoms with E-state index in [9.17, 15) is 13.2 Å². The Bertz CT molecular complexity index is 379. The summed E-state index contributed by atoms with van der Waals surface area (Å²) in [6.07, 6.45) is 1.50. The Labute approximate surface area is 119 Å². The van der Waals surface area contributed by atoms with Crippen LogP contribution >= 0.6 is 10.7 Å². The number of amides is 1. The average molecular weight is 315 g/mol. The summed E-state index contributed by atoms with van der Waals surface area (Å²) < 4.78 is 26.6. The molecule has 0 aromatic carbocycles. The van der Waals surface area contributed by atoms with Gasteiger partial charge in [-0.3, -0.25) is 0 Å². The molecule has 1 unspecified atom stereocenters. The van der Waals surface area contributed by atoms with Crippen molar-refractivity contribution >= 4 is 25.8 Å². The summed E-state index contributed by atoms with van der Waals surface area (Å²) in [5.74, 6) is -0.228. The lowest BCUT2D eigenvalue weighted by Gasteiger charge is -2.19. The van der Waals surface area contributed by atoms with Crippen molar-refractivity contribution in [2.75, 3.05) is 12.3 Å². The second kappa shape index (κ2) is 7.91. The highest BCUT2D eigenvalue weighted by Crippen LogP contribution is 2.07. The molecule has 0 aliphatic heterocycles. The smallest absolute Gasteiger partial charge is 0.407 e. The molecule has 8 heteroatoms. The van der Waals surface area contributed by atoms with E-state index in [1.807, 2.05) is 0 Å². The van der Waals surface area contributed by atoms with E-state index in [4.69, 9.17) is 21.2 Å². The van der Waals surface area contributed by atoms with Crippen LogP contribution in [-0.2, 0) is 13.8 Å². The van der Waals surface area contributed by atoms with E-state index in [2.05, 4.69) is 5.32 Å². The van der Waals surface area contributed by atoms with Gasteiger partial charge in [-0.2, -0.15) is 0 Å². The lowest BCUT2D eigenvalue weighted by molar-refractivity contribution is 0.0527. The predicted molar refractivity (Wildman–Crippen MR) is 75.7 cm³/mol. The Kier molecular flexibility index (Phi) is 7.69. The van der Waals surface area contributed by atoms with Gasteiger partial charge in [-0.15, -0.1) is 0 Å². The minimum Gasteiger partial charge on any atom is -0.444 e. The van der Waals surface area contributed by atoms with E-state index in [1.165, 1.54) is 0 Å². The highest BCUT2D eigenvalue weighted by molar-refractivity contribution is 8.13. The fraction of sp³-hybridized carbons (Fsp3) is 0.909. The molecule has 6 nitrogen and oxygen atoms in total. The van der Waals surface area contributed by atoms with Gasteiger partial charge in [-0.05, 0) is 33.6 Å². The van der Waals surface area contributed by atoms with E-state index in [-0.39, 0.29) is 5.75 Å². The van der Waals surface area contributed by atoms with E-state index >= 15 is 0 Å². The summed E-state index contributed by atoms with van der Waals surface area (Å²) in [4.78, 5) is 11.3. The topological polar surface area (TPSA) is 98.5 Å². The summed E-state index contributed by atoms with van der Waals surface area (Å²) in [5, 5.41) is 2.61. The standard InChI is InChI=1S/C11H23ClN2O4S/c1-11(2,3)18-10(15)14-7-5-4-6-9(13)8-19(12,16)17/h9H,4-8,13H2,1-3H3,(H,14,15). The molecule has 0 saturated heterocycles. The first kappa shape index (κ1) is 18.5. The van der Waals surface area contributed by atoms with E-state index < -0.39 is 26.8 Å². The lowest BCUT2D eigenvalue weighted by Crippen LogP contribution is -2.33. The number of hydrogen-bond donors (Lipinski definition) is 2. The minimum absolute atomic E-state index is 0.228. The number of unbranched alkanes of at least 4 members (excludes halogenated alkanes) is 1. The molecule has 0 saturated carbocycles. The quantitative estimate of drug-likeness (QED) is 0.549. The summed E-state index contributed by atoms with van der Waals surface area (Å²) in [6.45, 7) is 5.84. The summed E-state index contributed by atoms with van der Waals surface area (Å²) in [7, 11) is 1.55. The van der Waals surface area contributed by atoms with Crippen LogP contribution in [0.1, 0.15) is 40.0 Å². The van der Waals surface area contributed by atoms with Gasteiger partial charge in [0.1, 0.15) is 5.60 Å². The Hall–Kier alpha value is -0.530. The minimum atomic E-state index is -3.54. The van der Waals surface area contributed by atoms with Gasteiger partial charge in [-0.1, -0.05) is 6.42 Å². The molecule has 1 atom stereocenters. The van der Waals surface area contributed by atoms with Crippen molar-refractivity contribution in [3.05, 3.63) is 0 Å². The fourth-order valence-electron chi connectivity index (χ4n) is 1.38. The first-order valence-corrected chi connectivity index (χ1v) is 8.62. The molecule has 0 aromatic heterocycles. The first-order valence-electron chi connectivity index (χ1n) is 6.14. The predicted octanol–water partition coefficient (Wildman–Crippen LogP) is 1.58. The average Bonchev–Trinajstić information content (AvgIpc) is 2.10. The molecule has 0 heterocycles. The number of halogens is 1. The number of rotatable bonds is 7. The number of hydrogen-bond acceptors (Lipinski definition) is 5. The van der Waals surface area contributed by atoms with Crippen LogP contribution in [0.25, 0.3) is 0 Å². The van der Waals surface area contributed by atoms with Crippen LogP contribution in [0, 0.1) is 0 Å². The van der Waals surface area contributed by atoms with Crippen molar-refractivity contribution in [1.29, 1.82) is 0 Å². The molecule has 0 aliphatic carbocycles. The van der Waals surface area contributed by atoms with Crippen LogP contribution in [0.4, 0.5) is 4.79 Å². The Morgan fingerprint density at radius 3 is 2.42 bits per heavy atom. The summed E-state index contributed by atoms with van der Waals surface area (Å²) in [5.41, 5.74) is 5.10. The van der Waals surface area contributed by atoms with E-state index in [0.29, 0.717) is 25.8 Å². The number of nitrogens with two attached hydrogens (primary N) is 1. The molecular formula is C11H23ClN2O4S. The molecule has 114 valence electrons. The molecular weight excluding hydrogens is 292 g/mol. The number of carbonyl (C=O) groups is 1. The van der Waals surface area contributed by atoms with Crippen LogP contribution in [0.2, 0.25) is 0 Å². The number of alkyl carbamates (subject to hydrolysis) is 1. The van der Waals surface area contributed by atoms with Gasteiger partial charge in [0, 0.05) is 23.3 Å². The van der Waals surface area contributed by atoms with Gasteiger partial charge in [0.25, 0.3) is 0 Å². The zero-order valence-electron chi connectivity index (χ0n) is 11.6. The highest BCUT2D eigenvalue weighted by atomic mass is 35.7. The van der Waals surface area contributed by atoms with Crippen molar-refractivity contribution < 1.29 is 17.9 Å². The Morgan fingerprint density at radius 2 is 1.95 bits per heavy atom. The van der Waals surface area contributed by atoms with Crippen molar-refractivity contribution in [1.82, 2.24) is 5.32 Å². The van der Waals surface area contributed by atoms with Gasteiger partial charge in [-0.25, -0.2) is 13.2 Å². The van der Waals surface area contributed by atoms with Crippen LogP contribution in [0.5, 0.6) is 0 Å².